The number of rotatable bonds is 3. The van der Waals surface area contributed by atoms with Gasteiger partial charge in [0.2, 0.25) is 0 Å². The number of benzene rings is 2. The number of hydrogen-bond acceptors (Lipinski definition) is 2. The normalized spacial score (nSPS) is 15.2. The second-order valence-electron chi connectivity index (χ2n) is 4.48. The lowest BCUT2D eigenvalue weighted by molar-refractivity contribution is 0.300. The van der Waals surface area contributed by atoms with Crippen LogP contribution in [0, 0.1) is 5.92 Å². The van der Waals surface area contributed by atoms with Gasteiger partial charge in [-0.15, -0.1) is 0 Å². The van der Waals surface area contributed by atoms with Gasteiger partial charge in [-0.2, -0.15) is 0 Å². The zero-order valence-corrected chi connectivity index (χ0v) is 9.15. The molecule has 0 aromatic heterocycles. The van der Waals surface area contributed by atoms with Crippen molar-refractivity contribution in [3.05, 3.63) is 36.4 Å². The third-order valence-corrected chi connectivity index (χ3v) is 3.07. The second-order valence-corrected chi connectivity index (χ2v) is 4.48. The topological polar surface area (TPSA) is 35.2 Å². The molecular formula is C14H15NO. The van der Waals surface area contributed by atoms with Crippen LogP contribution in [-0.2, 0) is 0 Å². The molecule has 0 saturated heterocycles. The largest absolute Gasteiger partial charge is 0.493 e. The van der Waals surface area contributed by atoms with E-state index in [0.717, 1.165) is 29.3 Å². The van der Waals surface area contributed by atoms with Gasteiger partial charge in [0.25, 0.3) is 0 Å². The van der Waals surface area contributed by atoms with E-state index in [9.17, 15) is 0 Å². The Labute approximate surface area is 95.0 Å². The summed E-state index contributed by atoms with van der Waals surface area (Å²) in [5.74, 6) is 1.71. The molecule has 1 saturated carbocycles. The Morgan fingerprint density at radius 3 is 2.88 bits per heavy atom. The summed E-state index contributed by atoms with van der Waals surface area (Å²) in [5, 5.41) is 2.24. The number of fused-ring (bicyclic) bond motifs is 1. The lowest BCUT2D eigenvalue weighted by atomic mass is 10.1. The predicted octanol–water partition coefficient (Wildman–Crippen LogP) is 3.21. The molecule has 0 aliphatic heterocycles. The van der Waals surface area contributed by atoms with Gasteiger partial charge in [-0.3, -0.25) is 0 Å². The van der Waals surface area contributed by atoms with E-state index < -0.39 is 0 Å². The average Bonchev–Trinajstić information content (AvgIpc) is 3.11. The fraction of sp³-hybridized carbons (Fsp3) is 0.286. The van der Waals surface area contributed by atoms with Gasteiger partial charge in [0, 0.05) is 11.1 Å². The molecule has 3 rings (SSSR count). The maximum Gasteiger partial charge on any atom is 0.120 e. The van der Waals surface area contributed by atoms with Crippen molar-refractivity contribution in [2.24, 2.45) is 5.92 Å². The molecule has 2 aromatic rings. The molecule has 1 fully saturated rings. The summed E-state index contributed by atoms with van der Waals surface area (Å²) in [6.45, 7) is 0.845. The molecule has 0 heterocycles. The number of nitrogens with two attached hydrogens (primary N) is 1. The molecule has 1 aliphatic rings. The molecule has 2 N–H and O–H groups in total. The van der Waals surface area contributed by atoms with Crippen LogP contribution in [0.4, 0.5) is 5.69 Å². The first kappa shape index (κ1) is 9.52. The van der Waals surface area contributed by atoms with Gasteiger partial charge in [-0.25, -0.2) is 0 Å². The van der Waals surface area contributed by atoms with Gasteiger partial charge in [0.15, 0.2) is 0 Å². The van der Waals surface area contributed by atoms with Crippen LogP contribution >= 0.6 is 0 Å². The van der Waals surface area contributed by atoms with Gasteiger partial charge < -0.3 is 10.5 Å². The third-order valence-electron chi connectivity index (χ3n) is 3.07. The summed E-state index contributed by atoms with van der Waals surface area (Å²) in [6.07, 6.45) is 2.63. The van der Waals surface area contributed by atoms with Crippen LogP contribution in [0.15, 0.2) is 36.4 Å². The Kier molecular flexibility index (Phi) is 2.21. The SMILES string of the molecule is Nc1cccc2ccc(OCC3CC3)cc12. The first-order chi connectivity index (χ1) is 7.83. The summed E-state index contributed by atoms with van der Waals surface area (Å²) in [4.78, 5) is 0. The minimum atomic E-state index is 0.781. The molecular weight excluding hydrogens is 198 g/mol. The van der Waals surface area contributed by atoms with Crippen LogP contribution < -0.4 is 10.5 Å². The van der Waals surface area contributed by atoms with E-state index in [1.807, 2.05) is 24.3 Å². The highest BCUT2D eigenvalue weighted by Crippen LogP contribution is 2.31. The molecule has 0 unspecified atom stereocenters. The minimum Gasteiger partial charge on any atom is -0.493 e. The van der Waals surface area contributed by atoms with Gasteiger partial charge in [-0.05, 0) is 42.3 Å². The van der Waals surface area contributed by atoms with Crippen LogP contribution in [0.3, 0.4) is 0 Å². The molecule has 0 atom stereocenters. The lowest BCUT2D eigenvalue weighted by Crippen LogP contribution is -1.98. The van der Waals surface area contributed by atoms with Crippen molar-refractivity contribution in [3.63, 3.8) is 0 Å². The maximum absolute atomic E-state index is 5.94. The molecule has 0 radical (unpaired) electrons. The number of hydrogen-bond donors (Lipinski definition) is 1. The average molecular weight is 213 g/mol. The Bertz CT molecular complexity index is 517. The van der Waals surface area contributed by atoms with E-state index in [0.29, 0.717) is 0 Å². The monoisotopic (exact) mass is 213 g/mol. The predicted molar refractivity (Wildman–Crippen MR) is 66.6 cm³/mol. The molecule has 2 aromatic carbocycles. The zero-order valence-electron chi connectivity index (χ0n) is 9.15. The van der Waals surface area contributed by atoms with Crippen molar-refractivity contribution in [1.82, 2.24) is 0 Å². The summed E-state index contributed by atoms with van der Waals surface area (Å²) in [7, 11) is 0. The molecule has 0 bridgehead atoms. The van der Waals surface area contributed by atoms with E-state index in [2.05, 4.69) is 12.1 Å². The van der Waals surface area contributed by atoms with Crippen LogP contribution in [0.25, 0.3) is 10.8 Å². The number of nitrogen functional groups attached to an aromatic ring is 1. The van der Waals surface area contributed by atoms with Crippen molar-refractivity contribution < 1.29 is 4.74 Å². The van der Waals surface area contributed by atoms with Gasteiger partial charge >= 0.3 is 0 Å². The van der Waals surface area contributed by atoms with E-state index in [1.165, 1.54) is 18.2 Å². The Hall–Kier alpha value is -1.70. The van der Waals surface area contributed by atoms with Crippen LogP contribution in [-0.4, -0.2) is 6.61 Å². The zero-order chi connectivity index (χ0) is 11.0. The van der Waals surface area contributed by atoms with Crippen LogP contribution in [0.2, 0.25) is 0 Å². The fourth-order valence-electron chi connectivity index (χ4n) is 1.86. The fourth-order valence-corrected chi connectivity index (χ4v) is 1.86. The van der Waals surface area contributed by atoms with Crippen molar-refractivity contribution in [1.29, 1.82) is 0 Å². The first-order valence-corrected chi connectivity index (χ1v) is 5.74. The van der Waals surface area contributed by atoms with Crippen LogP contribution in [0.1, 0.15) is 12.8 Å². The molecule has 1 aliphatic carbocycles. The smallest absolute Gasteiger partial charge is 0.120 e. The Morgan fingerprint density at radius 1 is 1.19 bits per heavy atom. The molecule has 2 nitrogen and oxygen atoms in total. The highest BCUT2D eigenvalue weighted by molar-refractivity contribution is 5.93. The van der Waals surface area contributed by atoms with E-state index in [1.54, 1.807) is 0 Å². The number of ether oxygens (including phenoxy) is 1. The van der Waals surface area contributed by atoms with E-state index in [-0.39, 0.29) is 0 Å². The lowest BCUT2D eigenvalue weighted by Gasteiger charge is -2.07. The second kappa shape index (κ2) is 3.71. The van der Waals surface area contributed by atoms with Gasteiger partial charge in [0.05, 0.1) is 6.61 Å². The van der Waals surface area contributed by atoms with E-state index >= 15 is 0 Å². The van der Waals surface area contributed by atoms with Crippen LogP contribution in [0.5, 0.6) is 5.75 Å². The summed E-state index contributed by atoms with van der Waals surface area (Å²) < 4.78 is 5.74. The Morgan fingerprint density at radius 2 is 2.06 bits per heavy atom. The summed E-state index contributed by atoms with van der Waals surface area (Å²) >= 11 is 0. The maximum atomic E-state index is 5.94. The molecule has 0 amide bonds. The van der Waals surface area contributed by atoms with Crippen molar-refractivity contribution in [3.8, 4) is 5.75 Å². The minimum absolute atomic E-state index is 0.781. The number of anilines is 1. The molecule has 0 spiro atoms. The molecule has 82 valence electrons. The van der Waals surface area contributed by atoms with Crippen molar-refractivity contribution in [2.45, 2.75) is 12.8 Å². The highest BCUT2D eigenvalue weighted by Gasteiger charge is 2.21. The standard InChI is InChI=1S/C14H15NO/c15-14-3-1-2-11-6-7-12(8-13(11)14)16-9-10-4-5-10/h1-3,6-8,10H,4-5,9,15H2. The van der Waals surface area contributed by atoms with Gasteiger partial charge in [-0.1, -0.05) is 18.2 Å². The van der Waals surface area contributed by atoms with Gasteiger partial charge in [0.1, 0.15) is 5.75 Å². The molecule has 16 heavy (non-hydrogen) atoms. The highest BCUT2D eigenvalue weighted by atomic mass is 16.5. The van der Waals surface area contributed by atoms with Crippen molar-refractivity contribution in [2.75, 3.05) is 12.3 Å². The van der Waals surface area contributed by atoms with E-state index in [4.69, 9.17) is 10.5 Å². The quantitative estimate of drug-likeness (QED) is 0.794. The molecule has 2 heteroatoms. The summed E-state index contributed by atoms with van der Waals surface area (Å²) in [5.41, 5.74) is 6.75. The summed E-state index contributed by atoms with van der Waals surface area (Å²) in [6, 6.07) is 12.1. The van der Waals surface area contributed by atoms with Crippen molar-refractivity contribution >= 4 is 16.5 Å². The first-order valence-electron chi connectivity index (χ1n) is 5.74. The Balaban J connectivity index is 1.91. The third kappa shape index (κ3) is 1.83.